The molecule has 0 unspecified atom stereocenters. The number of nitrogens with one attached hydrogen (secondary N) is 1. The van der Waals surface area contributed by atoms with E-state index in [1.54, 1.807) is 18.0 Å². The maximum atomic E-state index is 12.4. The maximum absolute atomic E-state index is 12.4. The largest absolute Gasteiger partial charge is 0.383 e. The number of urea groups is 1. The average molecular weight is 300 g/mol. The van der Waals surface area contributed by atoms with E-state index < -0.39 is 0 Å². The number of carbonyl (C=O) groups excluding carboxylic acids is 1. The second kappa shape index (κ2) is 6.62. The standard InChI is InChI=1S/C16H20N4O2/c1-22-10-9-19-12-14(11-17-19)18-16(21)20-8-7-15(20)13-5-3-2-4-6-13/h2-6,11-12,15H,7-10H2,1H3,(H,18,21)/t15-/m0/s1. The molecule has 0 saturated carbocycles. The Morgan fingerprint density at radius 1 is 1.41 bits per heavy atom. The van der Waals surface area contributed by atoms with Gasteiger partial charge in [-0.3, -0.25) is 4.68 Å². The number of methoxy groups -OCH3 is 1. The van der Waals surface area contributed by atoms with Crippen molar-refractivity contribution in [2.24, 2.45) is 0 Å². The van der Waals surface area contributed by atoms with Gasteiger partial charge in [0.2, 0.25) is 0 Å². The van der Waals surface area contributed by atoms with Crippen LogP contribution in [0.2, 0.25) is 0 Å². The fourth-order valence-electron chi connectivity index (χ4n) is 2.58. The van der Waals surface area contributed by atoms with Crippen LogP contribution < -0.4 is 5.32 Å². The number of carbonyl (C=O) groups is 1. The number of aromatic nitrogens is 2. The molecule has 0 bridgehead atoms. The van der Waals surface area contributed by atoms with Crippen molar-refractivity contribution in [1.29, 1.82) is 0 Å². The van der Waals surface area contributed by atoms with Crippen LogP contribution in [0.4, 0.5) is 10.5 Å². The number of hydrogen-bond donors (Lipinski definition) is 1. The minimum atomic E-state index is -0.0774. The van der Waals surface area contributed by atoms with Crippen LogP contribution in [0, 0.1) is 0 Å². The summed E-state index contributed by atoms with van der Waals surface area (Å²) in [6.45, 7) is 2.04. The first-order valence-electron chi connectivity index (χ1n) is 7.42. The molecular weight excluding hydrogens is 280 g/mol. The van der Waals surface area contributed by atoms with E-state index >= 15 is 0 Å². The van der Waals surface area contributed by atoms with Gasteiger partial charge in [0.05, 0.1) is 31.1 Å². The molecule has 1 N–H and O–H groups in total. The highest BCUT2D eigenvalue weighted by atomic mass is 16.5. The molecule has 1 saturated heterocycles. The van der Waals surface area contributed by atoms with Crippen molar-refractivity contribution in [3.8, 4) is 0 Å². The van der Waals surface area contributed by atoms with E-state index in [1.807, 2.05) is 29.3 Å². The smallest absolute Gasteiger partial charge is 0.322 e. The van der Waals surface area contributed by atoms with Crippen LogP contribution in [0.25, 0.3) is 0 Å². The second-order valence-electron chi connectivity index (χ2n) is 5.32. The topological polar surface area (TPSA) is 59.4 Å². The Bertz CT molecular complexity index is 626. The molecule has 1 atom stereocenters. The summed E-state index contributed by atoms with van der Waals surface area (Å²) < 4.78 is 6.76. The molecule has 116 valence electrons. The predicted octanol–water partition coefficient (Wildman–Crippen LogP) is 2.51. The third-order valence-electron chi connectivity index (χ3n) is 3.87. The summed E-state index contributed by atoms with van der Waals surface area (Å²) >= 11 is 0. The van der Waals surface area contributed by atoms with E-state index in [0.717, 1.165) is 13.0 Å². The van der Waals surface area contributed by atoms with Crippen molar-refractivity contribution >= 4 is 11.7 Å². The predicted molar refractivity (Wildman–Crippen MR) is 83.6 cm³/mol. The first kappa shape index (κ1) is 14.6. The fourth-order valence-corrected chi connectivity index (χ4v) is 2.58. The van der Waals surface area contributed by atoms with E-state index in [9.17, 15) is 4.79 Å². The van der Waals surface area contributed by atoms with Gasteiger partial charge >= 0.3 is 6.03 Å². The van der Waals surface area contributed by atoms with E-state index in [4.69, 9.17) is 4.74 Å². The summed E-state index contributed by atoms with van der Waals surface area (Å²) in [4.78, 5) is 14.2. The van der Waals surface area contributed by atoms with Crippen molar-refractivity contribution < 1.29 is 9.53 Å². The van der Waals surface area contributed by atoms with Crippen molar-refractivity contribution in [2.75, 3.05) is 25.6 Å². The summed E-state index contributed by atoms with van der Waals surface area (Å²) in [5.41, 5.74) is 1.89. The van der Waals surface area contributed by atoms with E-state index in [2.05, 4.69) is 22.5 Å². The third kappa shape index (κ3) is 3.12. The Morgan fingerprint density at radius 2 is 2.23 bits per heavy atom. The van der Waals surface area contributed by atoms with Gasteiger partial charge in [0.25, 0.3) is 0 Å². The molecule has 2 amide bonds. The van der Waals surface area contributed by atoms with Crippen molar-refractivity contribution in [2.45, 2.75) is 19.0 Å². The van der Waals surface area contributed by atoms with Gasteiger partial charge < -0.3 is 15.0 Å². The normalized spacial score (nSPS) is 17.1. The fraction of sp³-hybridized carbons (Fsp3) is 0.375. The van der Waals surface area contributed by atoms with Crippen LogP contribution in [0.1, 0.15) is 18.0 Å². The summed E-state index contributed by atoms with van der Waals surface area (Å²) in [6.07, 6.45) is 4.48. The van der Waals surface area contributed by atoms with Crippen molar-refractivity contribution in [1.82, 2.24) is 14.7 Å². The molecule has 2 heterocycles. The lowest BCUT2D eigenvalue weighted by atomic mass is 9.95. The first-order chi connectivity index (χ1) is 10.8. The SMILES string of the molecule is COCCn1cc(NC(=O)N2CC[C@H]2c2ccccc2)cn1. The number of hydrogen-bond acceptors (Lipinski definition) is 3. The molecule has 0 radical (unpaired) electrons. The Morgan fingerprint density at radius 3 is 2.91 bits per heavy atom. The van der Waals surface area contributed by atoms with Gasteiger partial charge in [-0.1, -0.05) is 30.3 Å². The van der Waals surface area contributed by atoms with Crippen LogP contribution in [0.15, 0.2) is 42.7 Å². The van der Waals surface area contributed by atoms with Crippen LogP contribution in [-0.4, -0.2) is 41.0 Å². The zero-order chi connectivity index (χ0) is 15.4. The Labute approximate surface area is 129 Å². The first-order valence-corrected chi connectivity index (χ1v) is 7.42. The molecule has 0 aliphatic carbocycles. The Hall–Kier alpha value is -2.34. The highest BCUT2D eigenvalue weighted by Crippen LogP contribution is 2.33. The number of benzene rings is 1. The van der Waals surface area contributed by atoms with Gasteiger partial charge in [-0.2, -0.15) is 5.10 Å². The van der Waals surface area contributed by atoms with E-state index in [-0.39, 0.29) is 12.1 Å². The second-order valence-corrected chi connectivity index (χ2v) is 5.32. The van der Waals surface area contributed by atoms with Gasteiger partial charge in [0.15, 0.2) is 0 Å². The summed E-state index contributed by atoms with van der Waals surface area (Å²) in [7, 11) is 1.65. The number of rotatable bonds is 5. The van der Waals surface area contributed by atoms with Crippen LogP contribution in [-0.2, 0) is 11.3 Å². The van der Waals surface area contributed by atoms with Crippen molar-refractivity contribution in [3.63, 3.8) is 0 Å². The van der Waals surface area contributed by atoms with Crippen LogP contribution in [0.5, 0.6) is 0 Å². The van der Waals surface area contributed by atoms with Crippen molar-refractivity contribution in [3.05, 3.63) is 48.3 Å². The number of anilines is 1. The summed E-state index contributed by atoms with van der Waals surface area (Å²) in [6, 6.07) is 10.2. The Kier molecular flexibility index (Phi) is 4.39. The summed E-state index contributed by atoms with van der Waals surface area (Å²) in [5, 5.41) is 7.09. The molecule has 0 spiro atoms. The molecule has 1 aliphatic rings. The average Bonchev–Trinajstić information content (AvgIpc) is 2.92. The minimum Gasteiger partial charge on any atom is -0.383 e. The molecule has 22 heavy (non-hydrogen) atoms. The number of nitrogens with zero attached hydrogens (tertiary/aromatic N) is 3. The molecular formula is C16H20N4O2. The molecule has 1 aromatic carbocycles. The number of ether oxygens (including phenoxy) is 1. The quantitative estimate of drug-likeness (QED) is 0.923. The maximum Gasteiger partial charge on any atom is 0.322 e. The third-order valence-corrected chi connectivity index (χ3v) is 3.87. The molecule has 3 rings (SSSR count). The van der Waals surface area contributed by atoms with Gasteiger partial charge in [-0.15, -0.1) is 0 Å². The zero-order valence-corrected chi connectivity index (χ0v) is 12.6. The summed E-state index contributed by atoms with van der Waals surface area (Å²) in [5.74, 6) is 0. The van der Waals surface area contributed by atoms with Gasteiger partial charge in [-0.05, 0) is 12.0 Å². The lowest BCUT2D eigenvalue weighted by Gasteiger charge is -2.41. The van der Waals surface area contributed by atoms with Gasteiger partial charge in [-0.25, -0.2) is 4.79 Å². The molecule has 1 fully saturated rings. The van der Waals surface area contributed by atoms with Crippen LogP contribution in [0.3, 0.4) is 0 Å². The molecule has 6 heteroatoms. The lowest BCUT2D eigenvalue weighted by molar-refractivity contribution is 0.126. The van der Waals surface area contributed by atoms with Gasteiger partial charge in [0.1, 0.15) is 0 Å². The number of likely N-dealkylation sites (tertiary alicyclic amines) is 1. The van der Waals surface area contributed by atoms with E-state index in [1.165, 1.54) is 5.56 Å². The highest BCUT2D eigenvalue weighted by Gasteiger charge is 2.33. The van der Waals surface area contributed by atoms with Crippen LogP contribution >= 0.6 is 0 Å². The zero-order valence-electron chi connectivity index (χ0n) is 12.6. The molecule has 6 nitrogen and oxygen atoms in total. The molecule has 1 aromatic heterocycles. The monoisotopic (exact) mass is 300 g/mol. The molecule has 2 aromatic rings. The highest BCUT2D eigenvalue weighted by molar-refractivity contribution is 5.89. The minimum absolute atomic E-state index is 0.0774. The van der Waals surface area contributed by atoms with Gasteiger partial charge in [0, 0.05) is 19.9 Å². The van der Waals surface area contributed by atoms with E-state index in [0.29, 0.717) is 18.8 Å². The number of amides is 2. The lowest BCUT2D eigenvalue weighted by Crippen LogP contribution is -2.47. The molecule has 1 aliphatic heterocycles. The Balaban J connectivity index is 1.59.